The number of halogens is 1. The van der Waals surface area contributed by atoms with E-state index in [1.165, 1.54) is 0 Å². The molecule has 0 saturated heterocycles. The molecule has 1 heterocycles. The second-order valence-electron chi connectivity index (χ2n) is 4.06. The second kappa shape index (κ2) is 5.63. The minimum absolute atomic E-state index is 0.315. The lowest BCUT2D eigenvalue weighted by molar-refractivity contribution is 0.384. The van der Waals surface area contributed by atoms with Gasteiger partial charge in [0.05, 0.1) is 26.0 Å². The Morgan fingerprint density at radius 1 is 1.26 bits per heavy atom. The molecule has 1 aromatic carbocycles. The van der Waals surface area contributed by atoms with Crippen LogP contribution in [0.2, 0.25) is 0 Å². The molecule has 1 aromatic heterocycles. The van der Waals surface area contributed by atoms with Gasteiger partial charge in [0.1, 0.15) is 16.0 Å². The van der Waals surface area contributed by atoms with Crippen LogP contribution in [-0.4, -0.2) is 24.0 Å². The molecule has 19 heavy (non-hydrogen) atoms. The molecule has 0 aliphatic carbocycles. The van der Waals surface area contributed by atoms with Crippen molar-refractivity contribution in [2.75, 3.05) is 14.2 Å². The molecule has 0 saturated carbocycles. The molecule has 0 spiro atoms. The Balaban J connectivity index is 2.51. The summed E-state index contributed by atoms with van der Waals surface area (Å²) in [6, 6.07) is 5.34. The van der Waals surface area contributed by atoms with E-state index >= 15 is 0 Å². The molecule has 0 fully saturated rings. The predicted molar refractivity (Wildman–Crippen MR) is 76.5 cm³/mol. The molecular formula is C13H16BrN3O2. The minimum atomic E-state index is -0.315. The first-order chi connectivity index (χ1) is 9.10. The summed E-state index contributed by atoms with van der Waals surface area (Å²) in [6.45, 7) is 0. The Hall–Kier alpha value is -1.53. The zero-order valence-corrected chi connectivity index (χ0v) is 12.6. The van der Waals surface area contributed by atoms with E-state index in [0.717, 1.165) is 15.7 Å². The van der Waals surface area contributed by atoms with Crippen molar-refractivity contribution in [2.45, 2.75) is 6.04 Å². The average molecular weight is 326 g/mol. The fourth-order valence-corrected chi connectivity index (χ4v) is 2.70. The van der Waals surface area contributed by atoms with Crippen molar-refractivity contribution in [1.29, 1.82) is 0 Å². The maximum absolute atomic E-state index is 6.30. The molecule has 0 radical (unpaired) electrons. The highest BCUT2D eigenvalue weighted by Crippen LogP contribution is 2.40. The number of aromatic nitrogens is 2. The van der Waals surface area contributed by atoms with Crippen molar-refractivity contribution in [3.05, 3.63) is 40.1 Å². The first-order valence-electron chi connectivity index (χ1n) is 5.74. The maximum atomic E-state index is 6.30. The first kappa shape index (κ1) is 13.9. The van der Waals surface area contributed by atoms with Crippen LogP contribution >= 0.6 is 15.9 Å². The number of rotatable bonds is 4. The number of ether oxygens (including phenoxy) is 2. The number of aryl methyl sites for hydroxylation is 1. The van der Waals surface area contributed by atoms with Crippen LogP contribution in [0, 0.1) is 0 Å². The minimum Gasteiger partial charge on any atom is -0.495 e. The van der Waals surface area contributed by atoms with Gasteiger partial charge in [0.2, 0.25) is 0 Å². The van der Waals surface area contributed by atoms with Gasteiger partial charge in [-0.1, -0.05) is 0 Å². The molecule has 2 aromatic rings. The van der Waals surface area contributed by atoms with Crippen LogP contribution in [-0.2, 0) is 7.05 Å². The van der Waals surface area contributed by atoms with Crippen molar-refractivity contribution >= 4 is 15.9 Å². The molecule has 2 rings (SSSR count). The van der Waals surface area contributed by atoms with Crippen molar-refractivity contribution in [3.8, 4) is 11.5 Å². The number of hydrogen-bond acceptors (Lipinski definition) is 4. The standard InChI is InChI=1S/C13H16BrN3O2/c1-17-9(6-7-16-17)12(15)8-4-5-10(18-2)11(14)13(8)19-3/h4-7,12H,15H2,1-3H3. The van der Waals surface area contributed by atoms with Gasteiger partial charge in [0.25, 0.3) is 0 Å². The summed E-state index contributed by atoms with van der Waals surface area (Å²) in [7, 11) is 5.08. The molecule has 102 valence electrons. The third kappa shape index (κ3) is 2.46. The first-order valence-corrected chi connectivity index (χ1v) is 6.53. The highest BCUT2D eigenvalue weighted by atomic mass is 79.9. The zero-order valence-electron chi connectivity index (χ0n) is 11.1. The molecule has 0 aliphatic heterocycles. The summed E-state index contributed by atoms with van der Waals surface area (Å²) >= 11 is 3.47. The van der Waals surface area contributed by atoms with Gasteiger partial charge in [-0.25, -0.2) is 0 Å². The molecule has 6 heteroatoms. The number of nitrogens with two attached hydrogens (primary N) is 1. The summed E-state index contributed by atoms with van der Waals surface area (Å²) in [5, 5.41) is 4.13. The lowest BCUT2D eigenvalue weighted by Crippen LogP contribution is -2.17. The molecule has 0 aliphatic rings. The van der Waals surface area contributed by atoms with E-state index in [1.807, 2.05) is 25.2 Å². The summed E-state index contributed by atoms with van der Waals surface area (Å²) < 4.78 is 13.2. The highest BCUT2D eigenvalue weighted by Gasteiger charge is 2.20. The molecule has 1 unspecified atom stereocenters. The number of methoxy groups -OCH3 is 2. The Kier molecular flexibility index (Phi) is 4.11. The van der Waals surface area contributed by atoms with E-state index in [9.17, 15) is 0 Å². The Morgan fingerprint density at radius 3 is 2.53 bits per heavy atom. The van der Waals surface area contributed by atoms with Gasteiger partial charge in [-0.15, -0.1) is 0 Å². The summed E-state index contributed by atoms with van der Waals surface area (Å²) in [4.78, 5) is 0. The van der Waals surface area contributed by atoms with Crippen LogP contribution < -0.4 is 15.2 Å². The van der Waals surface area contributed by atoms with Crippen LogP contribution in [0.3, 0.4) is 0 Å². The Morgan fingerprint density at radius 2 is 2.00 bits per heavy atom. The molecular weight excluding hydrogens is 310 g/mol. The number of nitrogens with zero attached hydrogens (tertiary/aromatic N) is 2. The monoisotopic (exact) mass is 325 g/mol. The SMILES string of the molecule is COc1ccc(C(N)c2ccnn2C)c(OC)c1Br. The van der Waals surface area contributed by atoms with Crippen molar-refractivity contribution in [1.82, 2.24) is 9.78 Å². The fraction of sp³-hybridized carbons (Fsp3) is 0.308. The van der Waals surface area contributed by atoms with Crippen LogP contribution in [0.15, 0.2) is 28.9 Å². The Bertz CT molecular complexity index is 583. The normalized spacial score (nSPS) is 12.3. The fourth-order valence-electron chi connectivity index (χ4n) is 2.01. The van der Waals surface area contributed by atoms with Crippen LogP contribution in [0.4, 0.5) is 0 Å². The van der Waals surface area contributed by atoms with E-state index in [2.05, 4.69) is 21.0 Å². The lowest BCUT2D eigenvalue weighted by Gasteiger charge is -2.18. The quantitative estimate of drug-likeness (QED) is 0.936. The van der Waals surface area contributed by atoms with Gasteiger partial charge in [-0.05, 0) is 34.1 Å². The second-order valence-corrected chi connectivity index (χ2v) is 4.85. The van der Waals surface area contributed by atoms with Gasteiger partial charge in [0, 0.05) is 18.8 Å². The number of benzene rings is 1. The molecule has 5 nitrogen and oxygen atoms in total. The van der Waals surface area contributed by atoms with Crippen LogP contribution in [0.25, 0.3) is 0 Å². The molecule has 0 bridgehead atoms. The lowest BCUT2D eigenvalue weighted by atomic mass is 10.0. The maximum Gasteiger partial charge on any atom is 0.141 e. The molecule has 2 N–H and O–H groups in total. The third-order valence-corrected chi connectivity index (χ3v) is 3.78. The van der Waals surface area contributed by atoms with Gasteiger partial charge < -0.3 is 15.2 Å². The largest absolute Gasteiger partial charge is 0.495 e. The number of hydrogen-bond donors (Lipinski definition) is 1. The average Bonchev–Trinajstić information content (AvgIpc) is 2.83. The van der Waals surface area contributed by atoms with Crippen molar-refractivity contribution in [2.24, 2.45) is 12.8 Å². The molecule has 1 atom stereocenters. The smallest absolute Gasteiger partial charge is 0.141 e. The summed E-state index contributed by atoms with van der Waals surface area (Å²) in [5.74, 6) is 1.38. The third-order valence-electron chi connectivity index (χ3n) is 3.03. The van der Waals surface area contributed by atoms with E-state index < -0.39 is 0 Å². The van der Waals surface area contributed by atoms with Crippen molar-refractivity contribution < 1.29 is 9.47 Å². The van der Waals surface area contributed by atoms with Gasteiger partial charge >= 0.3 is 0 Å². The van der Waals surface area contributed by atoms with E-state index in [0.29, 0.717) is 11.5 Å². The van der Waals surface area contributed by atoms with E-state index in [1.54, 1.807) is 25.1 Å². The van der Waals surface area contributed by atoms with Gasteiger partial charge in [0.15, 0.2) is 0 Å². The predicted octanol–water partition coefficient (Wildman–Crippen LogP) is 2.25. The van der Waals surface area contributed by atoms with Crippen LogP contribution in [0.5, 0.6) is 11.5 Å². The van der Waals surface area contributed by atoms with Gasteiger partial charge in [-0.3, -0.25) is 4.68 Å². The summed E-state index contributed by atoms with van der Waals surface area (Å²) in [5.41, 5.74) is 8.08. The zero-order chi connectivity index (χ0) is 14.0. The molecule has 0 amide bonds. The van der Waals surface area contributed by atoms with Gasteiger partial charge in [-0.2, -0.15) is 5.10 Å². The Labute approximate surface area is 120 Å². The topological polar surface area (TPSA) is 62.3 Å². The van der Waals surface area contributed by atoms with E-state index in [4.69, 9.17) is 15.2 Å². The van der Waals surface area contributed by atoms with Crippen molar-refractivity contribution in [3.63, 3.8) is 0 Å². The highest BCUT2D eigenvalue weighted by molar-refractivity contribution is 9.10. The van der Waals surface area contributed by atoms with Crippen LogP contribution in [0.1, 0.15) is 17.3 Å². The summed E-state index contributed by atoms with van der Waals surface area (Å²) in [6.07, 6.45) is 1.72. The van der Waals surface area contributed by atoms with E-state index in [-0.39, 0.29) is 6.04 Å².